The van der Waals surface area contributed by atoms with E-state index < -0.39 is 6.10 Å². The Labute approximate surface area is 129 Å². The molecule has 0 saturated heterocycles. The number of aliphatic hydroxyl groups excluding tert-OH is 1. The topological polar surface area (TPSA) is 69.2 Å². The first-order valence-electron chi connectivity index (χ1n) is 7.82. The first-order chi connectivity index (χ1) is 10.7. The van der Waals surface area contributed by atoms with E-state index in [1.165, 1.54) is 0 Å². The van der Waals surface area contributed by atoms with Crippen molar-refractivity contribution in [2.24, 2.45) is 0 Å². The second-order valence-electron chi connectivity index (χ2n) is 6.20. The molecule has 2 heterocycles. The third-order valence-electron chi connectivity index (χ3n) is 4.62. The lowest BCUT2D eigenvalue weighted by atomic mass is 10.0. The summed E-state index contributed by atoms with van der Waals surface area (Å²) < 4.78 is 0. The number of hydrogen-bond acceptors (Lipinski definition) is 3. The minimum atomic E-state index is -0.499. The summed E-state index contributed by atoms with van der Waals surface area (Å²) in [6.45, 7) is 1.10. The average Bonchev–Trinajstić information content (AvgIpc) is 3.30. The molecule has 1 atom stereocenters. The van der Waals surface area contributed by atoms with Gasteiger partial charge in [-0.1, -0.05) is 24.3 Å². The molecule has 4 rings (SSSR count). The number of aliphatic hydroxyl groups is 1. The van der Waals surface area contributed by atoms with Crippen LogP contribution in [0.1, 0.15) is 58.5 Å². The van der Waals surface area contributed by atoms with Crippen LogP contribution in [0.5, 0.6) is 0 Å². The lowest BCUT2D eigenvalue weighted by molar-refractivity contribution is 0.0722. The molecule has 1 amide bonds. The molecule has 2 aliphatic rings. The summed E-state index contributed by atoms with van der Waals surface area (Å²) in [6, 6.07) is 7.82. The zero-order valence-electron chi connectivity index (χ0n) is 12.3. The van der Waals surface area contributed by atoms with E-state index in [4.69, 9.17) is 0 Å². The normalized spacial score (nSPS) is 21.3. The number of fused-ring (bicyclic) bond motifs is 1. The molecule has 5 nitrogen and oxygen atoms in total. The van der Waals surface area contributed by atoms with Crippen LogP contribution in [0.3, 0.4) is 0 Å². The van der Waals surface area contributed by atoms with Crippen LogP contribution in [0.2, 0.25) is 0 Å². The largest absolute Gasteiger partial charge is 0.388 e. The number of hydrogen-bond donors (Lipinski definition) is 2. The van der Waals surface area contributed by atoms with Crippen molar-refractivity contribution in [1.82, 2.24) is 15.1 Å². The maximum Gasteiger partial charge on any atom is 0.257 e. The Hall–Kier alpha value is -2.14. The molecule has 114 valence electrons. The second kappa shape index (κ2) is 5.25. The number of H-pyrrole nitrogens is 1. The molecule has 1 aromatic carbocycles. The first-order valence-corrected chi connectivity index (χ1v) is 7.82. The van der Waals surface area contributed by atoms with Crippen molar-refractivity contribution < 1.29 is 9.90 Å². The highest BCUT2D eigenvalue weighted by Crippen LogP contribution is 2.40. The van der Waals surface area contributed by atoms with Gasteiger partial charge in [0.2, 0.25) is 0 Å². The zero-order valence-corrected chi connectivity index (χ0v) is 12.3. The van der Waals surface area contributed by atoms with Crippen LogP contribution >= 0.6 is 0 Å². The molecule has 22 heavy (non-hydrogen) atoms. The van der Waals surface area contributed by atoms with E-state index in [1.807, 2.05) is 29.2 Å². The van der Waals surface area contributed by atoms with E-state index in [-0.39, 0.29) is 5.91 Å². The Morgan fingerprint density at radius 3 is 2.91 bits per heavy atom. The molecular formula is C17H19N3O2. The molecule has 0 radical (unpaired) electrons. The van der Waals surface area contributed by atoms with Crippen LogP contribution in [-0.4, -0.2) is 32.7 Å². The highest BCUT2D eigenvalue weighted by molar-refractivity contribution is 5.95. The van der Waals surface area contributed by atoms with Crippen LogP contribution in [-0.2, 0) is 6.54 Å². The summed E-state index contributed by atoms with van der Waals surface area (Å²) in [5.74, 6) is 0.478. The average molecular weight is 297 g/mol. The van der Waals surface area contributed by atoms with Crippen molar-refractivity contribution in [2.45, 2.75) is 37.8 Å². The summed E-state index contributed by atoms with van der Waals surface area (Å²) in [7, 11) is 0. The highest BCUT2D eigenvalue weighted by atomic mass is 16.3. The van der Waals surface area contributed by atoms with Crippen molar-refractivity contribution in [2.75, 3.05) is 6.54 Å². The van der Waals surface area contributed by atoms with Gasteiger partial charge in [0.25, 0.3) is 5.91 Å². The van der Waals surface area contributed by atoms with Crippen molar-refractivity contribution >= 4 is 5.91 Å². The summed E-state index contributed by atoms with van der Waals surface area (Å²) >= 11 is 0. The molecule has 0 spiro atoms. The predicted molar refractivity (Wildman–Crippen MR) is 81.3 cm³/mol. The fraction of sp³-hybridized carbons (Fsp3) is 0.412. The number of aromatic amines is 1. The Kier molecular flexibility index (Phi) is 3.22. The molecule has 2 aromatic rings. The van der Waals surface area contributed by atoms with Gasteiger partial charge in [0.1, 0.15) is 0 Å². The van der Waals surface area contributed by atoms with Gasteiger partial charge in [-0.2, -0.15) is 5.10 Å². The standard InChI is InChI=1S/C17H19N3O2/c21-15-7-8-20(10-12-3-1-2-4-13(12)15)17(22)14-9-18-19-16(14)11-5-6-11/h1-4,9,11,15,21H,5-8,10H2,(H,18,19). The molecule has 1 fully saturated rings. The predicted octanol–water partition coefficient (Wildman–Crippen LogP) is 2.37. The van der Waals surface area contributed by atoms with Gasteiger partial charge >= 0.3 is 0 Å². The van der Waals surface area contributed by atoms with Crippen molar-refractivity contribution in [3.63, 3.8) is 0 Å². The van der Waals surface area contributed by atoms with Crippen molar-refractivity contribution in [1.29, 1.82) is 0 Å². The molecule has 0 bridgehead atoms. The SMILES string of the molecule is O=C(c1cn[nH]c1C1CC1)N1CCC(O)c2ccccc2C1. The molecule has 2 N–H and O–H groups in total. The van der Waals surface area contributed by atoms with E-state index in [9.17, 15) is 9.90 Å². The fourth-order valence-electron chi connectivity index (χ4n) is 3.22. The van der Waals surface area contributed by atoms with Gasteiger partial charge in [-0.25, -0.2) is 0 Å². The molecule has 1 aliphatic carbocycles. The molecule has 1 aliphatic heterocycles. The lowest BCUT2D eigenvalue weighted by Crippen LogP contribution is -2.31. The number of rotatable bonds is 2. The van der Waals surface area contributed by atoms with Crippen molar-refractivity contribution in [3.05, 3.63) is 52.8 Å². The summed E-state index contributed by atoms with van der Waals surface area (Å²) in [6.07, 6.45) is 3.97. The number of nitrogens with one attached hydrogen (secondary N) is 1. The number of nitrogens with zero attached hydrogens (tertiary/aromatic N) is 2. The quantitative estimate of drug-likeness (QED) is 0.894. The fourth-order valence-corrected chi connectivity index (χ4v) is 3.22. The molecule has 5 heteroatoms. The third kappa shape index (κ3) is 2.31. The van der Waals surface area contributed by atoms with Gasteiger partial charge in [-0.15, -0.1) is 0 Å². The van der Waals surface area contributed by atoms with Crippen LogP contribution < -0.4 is 0 Å². The monoisotopic (exact) mass is 297 g/mol. The van der Waals surface area contributed by atoms with E-state index in [1.54, 1.807) is 6.20 Å². The lowest BCUT2D eigenvalue weighted by Gasteiger charge is -2.20. The molecular weight excluding hydrogens is 278 g/mol. The number of carbonyl (C=O) groups excluding carboxylic acids is 1. The van der Waals surface area contributed by atoms with Gasteiger partial charge in [0, 0.05) is 19.0 Å². The Morgan fingerprint density at radius 2 is 2.09 bits per heavy atom. The van der Waals surface area contributed by atoms with Crippen LogP contribution in [0.4, 0.5) is 0 Å². The number of amides is 1. The smallest absolute Gasteiger partial charge is 0.257 e. The number of benzene rings is 1. The molecule has 1 aromatic heterocycles. The van der Waals surface area contributed by atoms with E-state index in [0.29, 0.717) is 31.0 Å². The maximum absolute atomic E-state index is 12.9. The Morgan fingerprint density at radius 1 is 1.27 bits per heavy atom. The molecule has 1 unspecified atom stereocenters. The van der Waals surface area contributed by atoms with Crippen LogP contribution in [0.15, 0.2) is 30.5 Å². The summed E-state index contributed by atoms with van der Waals surface area (Å²) in [4.78, 5) is 14.7. The Bertz CT molecular complexity index is 705. The second-order valence-corrected chi connectivity index (χ2v) is 6.20. The number of aromatic nitrogens is 2. The third-order valence-corrected chi connectivity index (χ3v) is 4.62. The van der Waals surface area contributed by atoms with Crippen LogP contribution in [0, 0.1) is 0 Å². The minimum absolute atomic E-state index is 0.0135. The summed E-state index contributed by atoms with van der Waals surface area (Å²) in [5.41, 5.74) is 3.63. The number of carbonyl (C=O) groups is 1. The van der Waals surface area contributed by atoms with E-state index in [0.717, 1.165) is 29.7 Å². The van der Waals surface area contributed by atoms with Gasteiger partial charge in [0.05, 0.1) is 23.6 Å². The zero-order chi connectivity index (χ0) is 15.1. The van der Waals surface area contributed by atoms with Gasteiger partial charge in [0.15, 0.2) is 0 Å². The summed E-state index contributed by atoms with van der Waals surface area (Å²) in [5, 5.41) is 17.3. The van der Waals surface area contributed by atoms with E-state index >= 15 is 0 Å². The minimum Gasteiger partial charge on any atom is -0.388 e. The van der Waals surface area contributed by atoms with Gasteiger partial charge in [-0.3, -0.25) is 9.89 Å². The molecule has 1 saturated carbocycles. The Balaban J connectivity index is 1.63. The maximum atomic E-state index is 12.9. The van der Waals surface area contributed by atoms with Gasteiger partial charge in [-0.05, 0) is 30.4 Å². The first kappa shape index (κ1) is 13.5. The highest BCUT2D eigenvalue weighted by Gasteiger charge is 2.32. The van der Waals surface area contributed by atoms with Gasteiger partial charge < -0.3 is 10.0 Å². The van der Waals surface area contributed by atoms with E-state index in [2.05, 4.69) is 10.2 Å². The van der Waals surface area contributed by atoms with Crippen LogP contribution in [0.25, 0.3) is 0 Å². The van der Waals surface area contributed by atoms with Crippen molar-refractivity contribution in [3.8, 4) is 0 Å².